The maximum Gasteiger partial charge on any atom is 0.412 e. The lowest BCUT2D eigenvalue weighted by Gasteiger charge is -2.20. The van der Waals surface area contributed by atoms with Gasteiger partial charge in [-0.1, -0.05) is 0 Å². The van der Waals surface area contributed by atoms with Gasteiger partial charge in [-0.25, -0.2) is 9.18 Å². The van der Waals surface area contributed by atoms with Crippen LogP contribution in [0.2, 0.25) is 0 Å². The average Bonchev–Trinajstić information content (AvgIpc) is 2.17. The summed E-state index contributed by atoms with van der Waals surface area (Å²) in [6, 6.07) is 3.74. The summed E-state index contributed by atoms with van der Waals surface area (Å²) in [5, 5.41) is 11.5. The van der Waals surface area contributed by atoms with Gasteiger partial charge in [-0.3, -0.25) is 5.32 Å². The van der Waals surface area contributed by atoms with E-state index in [0.29, 0.717) is 11.3 Å². The highest BCUT2D eigenvalue weighted by Crippen LogP contribution is 2.18. The van der Waals surface area contributed by atoms with Crippen LogP contribution in [0.3, 0.4) is 0 Å². The number of anilines is 1. The van der Waals surface area contributed by atoms with Gasteiger partial charge in [0.15, 0.2) is 0 Å². The molecular weight excluding hydrogens is 225 g/mol. The van der Waals surface area contributed by atoms with E-state index in [1.54, 1.807) is 20.8 Å². The molecule has 0 unspecified atom stereocenters. The Morgan fingerprint density at radius 1 is 1.47 bits per heavy atom. The number of hydrogen-bond donors (Lipinski definition) is 2. The van der Waals surface area contributed by atoms with E-state index in [1.807, 2.05) is 0 Å². The summed E-state index contributed by atoms with van der Waals surface area (Å²) in [5.74, 6) is -0.469. The summed E-state index contributed by atoms with van der Waals surface area (Å²) in [5.41, 5.74) is 0.0303. The zero-order chi connectivity index (χ0) is 13.1. The van der Waals surface area contributed by atoms with Crippen molar-refractivity contribution in [1.82, 2.24) is 0 Å². The SMILES string of the molecule is CC(C)(C)OC(=O)Nc1ccc(F)cc1CO. The summed E-state index contributed by atoms with van der Waals surface area (Å²) < 4.78 is 17.9. The number of rotatable bonds is 2. The topological polar surface area (TPSA) is 58.6 Å². The summed E-state index contributed by atoms with van der Waals surface area (Å²) in [7, 11) is 0. The quantitative estimate of drug-likeness (QED) is 0.836. The summed E-state index contributed by atoms with van der Waals surface area (Å²) >= 11 is 0. The monoisotopic (exact) mass is 241 g/mol. The molecule has 0 saturated heterocycles. The third-order valence-corrected chi connectivity index (χ3v) is 1.87. The first kappa shape index (κ1) is 13.4. The van der Waals surface area contributed by atoms with Gasteiger partial charge >= 0.3 is 6.09 Å². The van der Waals surface area contributed by atoms with E-state index in [1.165, 1.54) is 12.1 Å². The first-order chi connectivity index (χ1) is 7.81. The maximum absolute atomic E-state index is 12.9. The molecule has 94 valence electrons. The van der Waals surface area contributed by atoms with Crippen LogP contribution in [0.15, 0.2) is 18.2 Å². The van der Waals surface area contributed by atoms with Gasteiger partial charge in [0.25, 0.3) is 0 Å². The van der Waals surface area contributed by atoms with Crippen LogP contribution in [-0.2, 0) is 11.3 Å². The minimum atomic E-state index is -0.640. The molecule has 2 N–H and O–H groups in total. The van der Waals surface area contributed by atoms with Crippen LogP contribution < -0.4 is 5.32 Å². The minimum Gasteiger partial charge on any atom is -0.444 e. The van der Waals surface area contributed by atoms with Crippen molar-refractivity contribution in [3.63, 3.8) is 0 Å². The molecule has 0 aliphatic heterocycles. The van der Waals surface area contributed by atoms with Crippen LogP contribution >= 0.6 is 0 Å². The predicted octanol–water partition coefficient (Wildman–Crippen LogP) is 2.67. The second-order valence-electron chi connectivity index (χ2n) is 4.59. The normalized spacial score (nSPS) is 11.1. The fraction of sp³-hybridized carbons (Fsp3) is 0.417. The largest absolute Gasteiger partial charge is 0.444 e. The number of aliphatic hydroxyl groups excluding tert-OH is 1. The summed E-state index contributed by atoms with van der Waals surface area (Å²) in [6.07, 6.45) is -0.640. The van der Waals surface area contributed by atoms with E-state index >= 15 is 0 Å². The summed E-state index contributed by atoms with van der Waals surface area (Å²) in [6.45, 7) is 4.86. The van der Waals surface area contributed by atoms with Gasteiger partial charge in [0, 0.05) is 11.3 Å². The Morgan fingerprint density at radius 2 is 2.12 bits per heavy atom. The van der Waals surface area contributed by atoms with E-state index in [0.717, 1.165) is 6.07 Å². The Balaban J connectivity index is 2.78. The van der Waals surface area contributed by atoms with Crippen molar-refractivity contribution in [2.75, 3.05) is 5.32 Å². The third kappa shape index (κ3) is 4.40. The molecule has 0 aliphatic rings. The fourth-order valence-corrected chi connectivity index (χ4v) is 1.23. The number of carbonyl (C=O) groups excluding carboxylic acids is 1. The smallest absolute Gasteiger partial charge is 0.412 e. The van der Waals surface area contributed by atoms with Crippen molar-refractivity contribution < 1.29 is 19.0 Å². The maximum atomic E-state index is 12.9. The molecule has 0 fully saturated rings. The molecule has 0 bridgehead atoms. The Hall–Kier alpha value is -1.62. The van der Waals surface area contributed by atoms with Crippen molar-refractivity contribution >= 4 is 11.8 Å². The predicted molar refractivity (Wildman–Crippen MR) is 62.2 cm³/mol. The third-order valence-electron chi connectivity index (χ3n) is 1.87. The Morgan fingerprint density at radius 3 is 2.65 bits per heavy atom. The van der Waals surface area contributed by atoms with Crippen LogP contribution in [0.4, 0.5) is 14.9 Å². The standard InChI is InChI=1S/C12H16FNO3/c1-12(2,3)17-11(16)14-10-5-4-9(13)6-8(10)7-15/h4-6,15H,7H2,1-3H3,(H,14,16). The highest BCUT2D eigenvalue weighted by molar-refractivity contribution is 5.85. The van der Waals surface area contributed by atoms with Crippen molar-refractivity contribution in [3.05, 3.63) is 29.6 Å². The Bertz CT molecular complexity index is 413. The van der Waals surface area contributed by atoms with Crippen molar-refractivity contribution in [2.45, 2.75) is 33.0 Å². The molecule has 0 radical (unpaired) electrons. The number of halogens is 1. The lowest BCUT2D eigenvalue weighted by atomic mass is 10.2. The molecule has 1 aromatic rings. The van der Waals surface area contributed by atoms with Crippen molar-refractivity contribution in [3.8, 4) is 0 Å². The fourth-order valence-electron chi connectivity index (χ4n) is 1.23. The van der Waals surface area contributed by atoms with Crippen molar-refractivity contribution in [1.29, 1.82) is 0 Å². The van der Waals surface area contributed by atoms with Gasteiger partial charge in [0.05, 0.1) is 6.61 Å². The van der Waals surface area contributed by atoms with Crippen LogP contribution in [-0.4, -0.2) is 16.8 Å². The molecule has 0 saturated carbocycles. The zero-order valence-corrected chi connectivity index (χ0v) is 10.1. The number of nitrogens with one attached hydrogen (secondary N) is 1. The molecule has 0 atom stereocenters. The second kappa shape index (κ2) is 5.14. The average molecular weight is 241 g/mol. The number of ether oxygens (including phenoxy) is 1. The van der Waals surface area contributed by atoms with Crippen molar-refractivity contribution in [2.24, 2.45) is 0 Å². The molecule has 1 rings (SSSR count). The van der Waals surface area contributed by atoms with Gasteiger partial charge in [-0.15, -0.1) is 0 Å². The Labute approximate surface area is 99.4 Å². The van der Waals surface area contributed by atoms with Crippen LogP contribution in [0.5, 0.6) is 0 Å². The Kier molecular flexibility index (Phi) is 4.07. The molecule has 0 aromatic heterocycles. The minimum absolute atomic E-state index is 0.302. The van der Waals surface area contributed by atoms with Crippen LogP contribution in [0, 0.1) is 5.82 Å². The van der Waals surface area contributed by atoms with E-state index in [2.05, 4.69) is 5.32 Å². The first-order valence-corrected chi connectivity index (χ1v) is 5.21. The van der Waals surface area contributed by atoms with E-state index < -0.39 is 17.5 Å². The highest BCUT2D eigenvalue weighted by atomic mass is 19.1. The van der Waals surface area contributed by atoms with Gasteiger partial charge in [-0.2, -0.15) is 0 Å². The molecule has 17 heavy (non-hydrogen) atoms. The molecule has 0 heterocycles. The lowest BCUT2D eigenvalue weighted by Crippen LogP contribution is -2.27. The van der Waals surface area contributed by atoms with Gasteiger partial charge in [0.2, 0.25) is 0 Å². The van der Waals surface area contributed by atoms with E-state index in [-0.39, 0.29) is 6.61 Å². The molecule has 1 aromatic carbocycles. The van der Waals surface area contributed by atoms with E-state index in [9.17, 15) is 9.18 Å². The van der Waals surface area contributed by atoms with Crippen LogP contribution in [0.1, 0.15) is 26.3 Å². The van der Waals surface area contributed by atoms with Gasteiger partial charge in [0.1, 0.15) is 11.4 Å². The second-order valence-corrected chi connectivity index (χ2v) is 4.59. The molecule has 4 nitrogen and oxygen atoms in total. The molecule has 1 amide bonds. The first-order valence-electron chi connectivity index (χ1n) is 5.21. The van der Waals surface area contributed by atoms with Gasteiger partial charge in [-0.05, 0) is 39.0 Å². The number of carbonyl (C=O) groups is 1. The zero-order valence-electron chi connectivity index (χ0n) is 10.1. The number of amides is 1. The highest BCUT2D eigenvalue weighted by Gasteiger charge is 2.17. The number of aliphatic hydroxyl groups is 1. The molecule has 5 heteroatoms. The molecular formula is C12H16FNO3. The van der Waals surface area contributed by atoms with Crippen LogP contribution in [0.25, 0.3) is 0 Å². The number of benzene rings is 1. The number of hydrogen-bond acceptors (Lipinski definition) is 3. The van der Waals surface area contributed by atoms with Gasteiger partial charge < -0.3 is 9.84 Å². The summed E-state index contributed by atoms with van der Waals surface area (Å²) in [4.78, 5) is 11.5. The molecule has 0 spiro atoms. The van der Waals surface area contributed by atoms with E-state index in [4.69, 9.17) is 9.84 Å². The molecule has 0 aliphatic carbocycles. The lowest BCUT2D eigenvalue weighted by molar-refractivity contribution is 0.0635.